The number of para-hydroxylation sites is 2. The second kappa shape index (κ2) is 8.94. The van der Waals surface area contributed by atoms with Gasteiger partial charge in [0.1, 0.15) is 17.3 Å². The molecule has 11 heteroatoms. The van der Waals surface area contributed by atoms with Crippen molar-refractivity contribution < 1.29 is 13.6 Å². The zero-order valence-corrected chi connectivity index (χ0v) is 20.6. The molecule has 1 atom stereocenters. The number of amides is 2. The summed E-state index contributed by atoms with van der Waals surface area (Å²) in [6.45, 7) is 1.87. The van der Waals surface area contributed by atoms with E-state index < -0.39 is 17.9 Å². The molecule has 192 valence electrons. The third kappa shape index (κ3) is 4.32. The van der Waals surface area contributed by atoms with Gasteiger partial charge in [-0.15, -0.1) is 0 Å². The first-order chi connectivity index (χ1) is 18.3. The van der Waals surface area contributed by atoms with Crippen LogP contribution in [0.2, 0.25) is 0 Å². The van der Waals surface area contributed by atoms with E-state index in [-0.39, 0.29) is 17.9 Å². The molecule has 9 nitrogen and oxygen atoms in total. The molecule has 2 N–H and O–H groups in total. The van der Waals surface area contributed by atoms with Gasteiger partial charge in [0.2, 0.25) is 0 Å². The first kappa shape index (κ1) is 23.6. The number of carbonyl (C=O) groups is 1. The van der Waals surface area contributed by atoms with Crippen LogP contribution in [0.4, 0.5) is 25.2 Å². The average Bonchev–Trinajstić information content (AvgIpc) is 3.26. The maximum atomic E-state index is 13.8. The number of carbonyl (C=O) groups excluding carboxylic acids is 1. The largest absolute Gasteiger partial charge is 0.326 e. The van der Waals surface area contributed by atoms with E-state index in [1.54, 1.807) is 27.7 Å². The number of nitrogens with zero attached hydrogens (tertiary/aromatic N) is 6. The van der Waals surface area contributed by atoms with Gasteiger partial charge in [0.15, 0.2) is 0 Å². The van der Waals surface area contributed by atoms with Crippen LogP contribution in [0.15, 0.2) is 79.1 Å². The highest BCUT2D eigenvalue weighted by atomic mass is 19.3. The van der Waals surface area contributed by atoms with Crippen molar-refractivity contribution in [2.75, 3.05) is 10.6 Å². The van der Waals surface area contributed by atoms with Crippen molar-refractivity contribution in [3.63, 3.8) is 0 Å². The summed E-state index contributed by atoms with van der Waals surface area (Å²) in [6.07, 6.45) is 3.31. The second-order valence-electron chi connectivity index (χ2n) is 9.27. The van der Waals surface area contributed by atoms with Gasteiger partial charge in [-0.1, -0.05) is 36.4 Å². The van der Waals surface area contributed by atoms with Crippen LogP contribution in [0.25, 0.3) is 22.6 Å². The SMILES string of the molecule is Cc1c(-c2cnn(C)c2)nn(-c2ccccc2)c1NC(=O)Nc1cc(C2CC2(F)F)nn1-c1ccccc1. The molecule has 0 spiro atoms. The molecule has 1 fully saturated rings. The molecule has 3 aromatic heterocycles. The summed E-state index contributed by atoms with van der Waals surface area (Å²) in [5.74, 6) is -2.99. The Morgan fingerprint density at radius 3 is 2.18 bits per heavy atom. The van der Waals surface area contributed by atoms with Crippen LogP contribution in [0.5, 0.6) is 0 Å². The van der Waals surface area contributed by atoms with Gasteiger partial charge in [-0.25, -0.2) is 22.9 Å². The number of nitrogens with one attached hydrogen (secondary N) is 2. The number of benzene rings is 2. The third-order valence-corrected chi connectivity index (χ3v) is 6.49. The molecule has 1 aliphatic rings. The van der Waals surface area contributed by atoms with Crippen molar-refractivity contribution in [3.8, 4) is 22.6 Å². The van der Waals surface area contributed by atoms with E-state index in [1.165, 1.54) is 10.7 Å². The smallest absolute Gasteiger partial charge is 0.292 e. The Labute approximate surface area is 216 Å². The summed E-state index contributed by atoms with van der Waals surface area (Å²) in [6, 6.07) is 19.4. The summed E-state index contributed by atoms with van der Waals surface area (Å²) in [5.41, 5.74) is 3.85. The first-order valence-corrected chi connectivity index (χ1v) is 12.1. The van der Waals surface area contributed by atoms with Crippen LogP contribution in [-0.2, 0) is 7.05 Å². The number of rotatable bonds is 6. The predicted octanol–water partition coefficient (Wildman–Crippen LogP) is 5.53. The molecule has 3 heterocycles. The lowest BCUT2D eigenvalue weighted by molar-refractivity contribution is 0.111. The average molecular weight is 515 g/mol. The van der Waals surface area contributed by atoms with Crippen molar-refractivity contribution in [2.24, 2.45) is 7.05 Å². The highest BCUT2D eigenvalue weighted by Gasteiger charge is 2.59. The maximum Gasteiger partial charge on any atom is 0.326 e. The van der Waals surface area contributed by atoms with Gasteiger partial charge in [0.25, 0.3) is 5.92 Å². The van der Waals surface area contributed by atoms with Crippen LogP contribution in [0.3, 0.4) is 0 Å². The maximum absolute atomic E-state index is 13.8. The van der Waals surface area contributed by atoms with Gasteiger partial charge in [-0.2, -0.15) is 15.3 Å². The van der Waals surface area contributed by atoms with E-state index in [0.717, 1.165) is 16.8 Å². The van der Waals surface area contributed by atoms with Gasteiger partial charge in [-0.3, -0.25) is 15.3 Å². The van der Waals surface area contributed by atoms with E-state index in [9.17, 15) is 13.6 Å². The summed E-state index contributed by atoms with van der Waals surface area (Å²) < 4.78 is 32.4. The minimum atomic E-state index is -2.78. The highest BCUT2D eigenvalue weighted by molar-refractivity contribution is 6.00. The lowest BCUT2D eigenvalue weighted by Gasteiger charge is -2.12. The van der Waals surface area contributed by atoms with Crippen molar-refractivity contribution in [1.29, 1.82) is 0 Å². The Morgan fingerprint density at radius 1 is 0.974 bits per heavy atom. The molecule has 0 aliphatic heterocycles. The zero-order chi connectivity index (χ0) is 26.4. The molecule has 2 aromatic carbocycles. The molecule has 1 saturated carbocycles. The molecule has 5 aromatic rings. The summed E-state index contributed by atoms with van der Waals surface area (Å²) >= 11 is 0. The van der Waals surface area contributed by atoms with Gasteiger partial charge in [-0.05, 0) is 31.2 Å². The van der Waals surface area contributed by atoms with E-state index in [0.29, 0.717) is 17.2 Å². The van der Waals surface area contributed by atoms with Gasteiger partial charge in [0.05, 0.1) is 29.2 Å². The number of aromatic nitrogens is 6. The molecule has 6 rings (SSSR count). The molecule has 38 heavy (non-hydrogen) atoms. The standard InChI is InChI=1S/C27H24F2N8O/c1-17-24(18-15-30-35(2)16-18)34-37(20-11-7-4-8-12-20)25(17)32-26(38)31-23-13-22(21-14-27(21,28)29)33-36(23)19-9-5-3-6-10-19/h3-13,15-16,21H,14H2,1-2H3,(H2,31,32,38). The molecule has 0 bridgehead atoms. The van der Waals surface area contributed by atoms with Gasteiger partial charge < -0.3 is 0 Å². The second-order valence-corrected chi connectivity index (χ2v) is 9.27. The number of aryl methyl sites for hydroxylation is 1. The lowest BCUT2D eigenvalue weighted by atomic mass is 10.1. The van der Waals surface area contributed by atoms with Crippen molar-refractivity contribution >= 4 is 17.7 Å². The zero-order valence-electron chi connectivity index (χ0n) is 20.6. The number of hydrogen-bond donors (Lipinski definition) is 2. The van der Waals surface area contributed by atoms with E-state index in [4.69, 9.17) is 5.10 Å². The van der Waals surface area contributed by atoms with Gasteiger partial charge in [0, 0.05) is 36.9 Å². The highest BCUT2D eigenvalue weighted by Crippen LogP contribution is 2.55. The lowest BCUT2D eigenvalue weighted by Crippen LogP contribution is -2.23. The fourth-order valence-electron chi connectivity index (χ4n) is 4.43. The number of urea groups is 1. The topological polar surface area (TPSA) is 94.6 Å². The van der Waals surface area contributed by atoms with Crippen LogP contribution in [0, 0.1) is 6.92 Å². The predicted molar refractivity (Wildman–Crippen MR) is 139 cm³/mol. The summed E-state index contributed by atoms with van der Waals surface area (Å²) in [5, 5.41) is 19.1. The minimum absolute atomic E-state index is 0.235. The molecular weight excluding hydrogens is 490 g/mol. The molecular formula is C27H24F2N8O. The monoisotopic (exact) mass is 514 g/mol. The molecule has 2 amide bonds. The molecule has 0 radical (unpaired) electrons. The number of alkyl halides is 2. The van der Waals surface area contributed by atoms with Crippen molar-refractivity contribution in [3.05, 3.63) is 90.4 Å². The Hall–Kier alpha value is -4.80. The number of anilines is 2. The Kier molecular flexibility index (Phi) is 5.55. The van der Waals surface area contributed by atoms with Crippen molar-refractivity contribution in [1.82, 2.24) is 29.3 Å². The quantitative estimate of drug-likeness (QED) is 0.311. The van der Waals surface area contributed by atoms with E-state index in [1.807, 2.05) is 68.7 Å². The van der Waals surface area contributed by atoms with Crippen LogP contribution < -0.4 is 10.6 Å². The normalized spacial score (nSPS) is 15.8. The van der Waals surface area contributed by atoms with Crippen LogP contribution in [-0.4, -0.2) is 41.3 Å². The number of halogens is 2. The fourth-order valence-corrected chi connectivity index (χ4v) is 4.43. The van der Waals surface area contributed by atoms with Gasteiger partial charge >= 0.3 is 6.03 Å². The van der Waals surface area contributed by atoms with Crippen molar-refractivity contribution in [2.45, 2.75) is 25.2 Å². The fraction of sp³-hybridized carbons (Fsp3) is 0.185. The molecule has 0 saturated heterocycles. The van der Waals surface area contributed by atoms with Crippen LogP contribution >= 0.6 is 0 Å². The van der Waals surface area contributed by atoms with Crippen LogP contribution in [0.1, 0.15) is 23.6 Å². The Bertz CT molecular complexity index is 1620. The third-order valence-electron chi connectivity index (χ3n) is 6.49. The Morgan fingerprint density at radius 2 is 1.61 bits per heavy atom. The van der Waals surface area contributed by atoms with E-state index in [2.05, 4.69) is 20.8 Å². The summed E-state index contributed by atoms with van der Waals surface area (Å²) in [7, 11) is 1.82. The Balaban J connectivity index is 1.34. The minimum Gasteiger partial charge on any atom is -0.292 e. The number of hydrogen-bond acceptors (Lipinski definition) is 4. The molecule has 1 aliphatic carbocycles. The summed E-state index contributed by atoms with van der Waals surface area (Å²) in [4.78, 5) is 13.3. The van der Waals surface area contributed by atoms with E-state index >= 15 is 0 Å². The molecule has 1 unspecified atom stereocenters. The first-order valence-electron chi connectivity index (χ1n) is 12.1.